The van der Waals surface area contributed by atoms with Crippen molar-refractivity contribution >= 4 is 21.6 Å². The lowest BCUT2D eigenvalue weighted by molar-refractivity contribution is -0.116. The maximum absolute atomic E-state index is 12.0. The Bertz CT molecular complexity index is 596. The summed E-state index contributed by atoms with van der Waals surface area (Å²) in [5.41, 5.74) is 0.521. The minimum Gasteiger partial charge on any atom is -0.383 e. The number of anilines is 1. The van der Waals surface area contributed by atoms with Crippen molar-refractivity contribution in [1.29, 1.82) is 0 Å². The van der Waals surface area contributed by atoms with Crippen LogP contribution < -0.4 is 10.5 Å². The number of sulfonamides is 1. The van der Waals surface area contributed by atoms with Gasteiger partial charge in [0.25, 0.3) is 0 Å². The van der Waals surface area contributed by atoms with Crippen LogP contribution in [0.25, 0.3) is 0 Å². The molecule has 9 heteroatoms. The summed E-state index contributed by atoms with van der Waals surface area (Å²) in [5, 5.41) is 7.75. The zero-order chi connectivity index (χ0) is 18.0. The van der Waals surface area contributed by atoms with Crippen molar-refractivity contribution in [1.82, 2.24) is 4.90 Å². The van der Waals surface area contributed by atoms with Crippen LogP contribution in [0.4, 0.5) is 5.69 Å². The Kier molecular flexibility index (Phi) is 8.87. The summed E-state index contributed by atoms with van der Waals surface area (Å²) >= 11 is 0. The van der Waals surface area contributed by atoms with E-state index in [1.165, 1.54) is 24.3 Å². The SMILES string of the molecule is COCCN(CCOC)CCC(=O)Nc1ccc(S(N)(=O)=O)cc1. The Hall–Kier alpha value is -1.52. The number of nitrogens with zero attached hydrogens (tertiary/aromatic N) is 1. The highest BCUT2D eigenvalue weighted by Gasteiger charge is 2.10. The monoisotopic (exact) mass is 359 g/mol. The van der Waals surface area contributed by atoms with Crippen molar-refractivity contribution < 1.29 is 22.7 Å². The molecule has 0 radical (unpaired) electrons. The smallest absolute Gasteiger partial charge is 0.238 e. The number of nitrogens with two attached hydrogens (primary N) is 1. The van der Waals surface area contributed by atoms with Crippen molar-refractivity contribution in [2.45, 2.75) is 11.3 Å². The number of methoxy groups -OCH3 is 2. The zero-order valence-corrected chi connectivity index (χ0v) is 14.8. The van der Waals surface area contributed by atoms with Crippen molar-refractivity contribution in [3.05, 3.63) is 24.3 Å². The van der Waals surface area contributed by atoms with Crippen molar-refractivity contribution in [3.63, 3.8) is 0 Å². The normalized spacial score (nSPS) is 11.7. The van der Waals surface area contributed by atoms with Gasteiger partial charge in [-0.2, -0.15) is 0 Å². The van der Waals surface area contributed by atoms with E-state index in [2.05, 4.69) is 10.2 Å². The first kappa shape index (κ1) is 20.5. The van der Waals surface area contributed by atoms with Gasteiger partial charge in [0.2, 0.25) is 15.9 Å². The fraction of sp³-hybridized carbons (Fsp3) is 0.533. The summed E-state index contributed by atoms with van der Waals surface area (Å²) in [4.78, 5) is 14.1. The Morgan fingerprint density at radius 2 is 1.62 bits per heavy atom. The second kappa shape index (κ2) is 10.4. The number of carbonyl (C=O) groups excluding carboxylic acids is 1. The molecular formula is C15H25N3O5S. The molecule has 0 heterocycles. The average Bonchev–Trinajstić information content (AvgIpc) is 2.54. The van der Waals surface area contributed by atoms with Gasteiger partial charge in [-0.25, -0.2) is 13.6 Å². The lowest BCUT2D eigenvalue weighted by Gasteiger charge is -2.21. The van der Waals surface area contributed by atoms with E-state index in [0.717, 1.165) is 13.1 Å². The molecule has 0 aliphatic rings. The molecule has 0 atom stereocenters. The van der Waals surface area contributed by atoms with Gasteiger partial charge >= 0.3 is 0 Å². The van der Waals surface area contributed by atoms with Gasteiger partial charge in [-0.1, -0.05) is 0 Å². The number of hydrogen-bond donors (Lipinski definition) is 2. The Balaban J connectivity index is 2.49. The highest BCUT2D eigenvalue weighted by atomic mass is 32.2. The van der Waals surface area contributed by atoms with E-state index in [1.54, 1.807) is 14.2 Å². The Morgan fingerprint density at radius 3 is 2.08 bits per heavy atom. The third-order valence-electron chi connectivity index (χ3n) is 3.34. The van der Waals surface area contributed by atoms with E-state index < -0.39 is 10.0 Å². The van der Waals surface area contributed by atoms with E-state index in [4.69, 9.17) is 14.6 Å². The van der Waals surface area contributed by atoms with Gasteiger partial charge < -0.3 is 14.8 Å². The number of benzene rings is 1. The van der Waals surface area contributed by atoms with Crippen molar-refractivity contribution in [2.75, 3.05) is 52.4 Å². The standard InChI is InChI=1S/C15H25N3O5S/c1-22-11-9-18(10-12-23-2)8-7-15(19)17-13-3-5-14(6-4-13)24(16,20)21/h3-6H,7-12H2,1-2H3,(H,17,19)(H2,16,20,21). The number of hydrogen-bond acceptors (Lipinski definition) is 6. The number of nitrogens with one attached hydrogen (secondary N) is 1. The predicted molar refractivity (Wildman–Crippen MR) is 91.3 cm³/mol. The molecule has 1 amide bonds. The molecular weight excluding hydrogens is 334 g/mol. The van der Waals surface area contributed by atoms with Gasteiger partial charge in [-0.05, 0) is 24.3 Å². The quantitative estimate of drug-likeness (QED) is 0.586. The molecule has 1 aromatic rings. The molecule has 1 rings (SSSR count). The van der Waals surface area contributed by atoms with E-state index >= 15 is 0 Å². The van der Waals surface area contributed by atoms with Gasteiger partial charge in [-0.3, -0.25) is 9.69 Å². The molecule has 136 valence electrons. The Labute approximate surface area is 143 Å². The van der Waals surface area contributed by atoms with E-state index in [-0.39, 0.29) is 10.8 Å². The van der Waals surface area contributed by atoms with Gasteiger partial charge in [0.1, 0.15) is 0 Å². The first-order valence-electron chi connectivity index (χ1n) is 7.49. The summed E-state index contributed by atoms with van der Waals surface area (Å²) in [7, 11) is -0.468. The molecule has 0 saturated carbocycles. The minimum atomic E-state index is -3.73. The maximum atomic E-state index is 12.0. The first-order valence-corrected chi connectivity index (χ1v) is 9.04. The van der Waals surface area contributed by atoms with Crippen LogP contribution in [-0.2, 0) is 24.3 Å². The minimum absolute atomic E-state index is 0.00538. The van der Waals surface area contributed by atoms with Gasteiger partial charge in [0.15, 0.2) is 0 Å². The predicted octanol–water partition coefficient (Wildman–Crippen LogP) is 0.257. The van der Waals surface area contributed by atoms with E-state index in [0.29, 0.717) is 31.9 Å². The molecule has 0 aliphatic heterocycles. The zero-order valence-electron chi connectivity index (χ0n) is 14.0. The average molecular weight is 359 g/mol. The molecule has 1 aromatic carbocycles. The maximum Gasteiger partial charge on any atom is 0.238 e. The van der Waals surface area contributed by atoms with Crippen molar-refractivity contribution in [3.8, 4) is 0 Å². The number of carbonyl (C=O) groups is 1. The highest BCUT2D eigenvalue weighted by molar-refractivity contribution is 7.89. The van der Waals surface area contributed by atoms with Crippen LogP contribution in [0.15, 0.2) is 29.2 Å². The lowest BCUT2D eigenvalue weighted by atomic mass is 10.3. The summed E-state index contributed by atoms with van der Waals surface area (Å²) in [6.07, 6.45) is 0.310. The molecule has 0 bridgehead atoms. The Morgan fingerprint density at radius 1 is 1.08 bits per heavy atom. The number of primary sulfonamides is 1. The number of rotatable bonds is 11. The van der Waals surface area contributed by atoms with Crippen LogP contribution in [0.5, 0.6) is 0 Å². The molecule has 0 unspecified atom stereocenters. The third-order valence-corrected chi connectivity index (χ3v) is 4.27. The van der Waals surface area contributed by atoms with Crippen LogP contribution >= 0.6 is 0 Å². The topological polar surface area (TPSA) is 111 Å². The molecule has 0 aliphatic carbocycles. The van der Waals surface area contributed by atoms with Crippen LogP contribution in [0.2, 0.25) is 0 Å². The molecule has 0 spiro atoms. The second-order valence-electron chi connectivity index (χ2n) is 5.19. The molecule has 3 N–H and O–H groups in total. The van der Waals surface area contributed by atoms with Gasteiger partial charge in [0.05, 0.1) is 18.1 Å². The van der Waals surface area contributed by atoms with E-state index in [1.807, 2.05) is 0 Å². The molecule has 24 heavy (non-hydrogen) atoms. The molecule has 0 saturated heterocycles. The molecule has 8 nitrogen and oxygen atoms in total. The summed E-state index contributed by atoms with van der Waals surface area (Å²) in [6.45, 7) is 3.18. The molecule has 0 aromatic heterocycles. The first-order chi connectivity index (χ1) is 11.4. The molecule has 0 fully saturated rings. The summed E-state index contributed by atoms with van der Waals surface area (Å²) in [5.74, 6) is -0.154. The summed E-state index contributed by atoms with van der Waals surface area (Å²) in [6, 6.07) is 5.72. The van der Waals surface area contributed by atoms with Crippen LogP contribution in [0.3, 0.4) is 0 Å². The van der Waals surface area contributed by atoms with Crippen LogP contribution in [0.1, 0.15) is 6.42 Å². The fourth-order valence-corrected chi connectivity index (χ4v) is 2.50. The number of ether oxygens (including phenoxy) is 2. The largest absolute Gasteiger partial charge is 0.383 e. The van der Waals surface area contributed by atoms with Gasteiger partial charge in [-0.15, -0.1) is 0 Å². The fourth-order valence-electron chi connectivity index (χ4n) is 1.99. The third kappa shape index (κ3) is 7.84. The summed E-state index contributed by atoms with van der Waals surface area (Å²) < 4.78 is 32.5. The van der Waals surface area contributed by atoms with E-state index in [9.17, 15) is 13.2 Å². The number of amides is 1. The van der Waals surface area contributed by atoms with Gasteiger partial charge in [0, 0.05) is 46.0 Å². The lowest BCUT2D eigenvalue weighted by Crippen LogP contribution is -2.33. The van der Waals surface area contributed by atoms with Crippen molar-refractivity contribution in [2.24, 2.45) is 5.14 Å². The second-order valence-corrected chi connectivity index (χ2v) is 6.76. The highest BCUT2D eigenvalue weighted by Crippen LogP contribution is 2.13. The van der Waals surface area contributed by atoms with Crippen LogP contribution in [0, 0.1) is 0 Å². The van der Waals surface area contributed by atoms with Crippen LogP contribution in [-0.4, -0.2) is 66.3 Å².